The van der Waals surface area contributed by atoms with Crippen LogP contribution in [0.1, 0.15) is 39.9 Å². The first-order valence-corrected chi connectivity index (χ1v) is 13.8. The van der Waals surface area contributed by atoms with Crippen molar-refractivity contribution < 1.29 is 29.0 Å². The van der Waals surface area contributed by atoms with E-state index >= 15 is 0 Å². The van der Waals surface area contributed by atoms with Gasteiger partial charge in [0.15, 0.2) is 6.04 Å². The van der Waals surface area contributed by atoms with Crippen LogP contribution in [0.15, 0.2) is 97.1 Å². The van der Waals surface area contributed by atoms with Crippen LogP contribution in [0.2, 0.25) is 5.02 Å². The first-order valence-electron chi connectivity index (χ1n) is 13.4. The maximum Gasteiger partial charge on any atom is 0.411 e. The van der Waals surface area contributed by atoms with Crippen molar-refractivity contribution in [1.29, 1.82) is 0 Å². The number of rotatable bonds is 10. The van der Waals surface area contributed by atoms with Crippen molar-refractivity contribution in [3.63, 3.8) is 0 Å². The summed E-state index contributed by atoms with van der Waals surface area (Å²) in [5, 5.41) is 14.9. The number of fused-ring (bicyclic) bond motifs is 3. The second kappa shape index (κ2) is 12.9. The van der Waals surface area contributed by atoms with Gasteiger partial charge in [-0.3, -0.25) is 10.1 Å². The second-order valence-electron chi connectivity index (χ2n) is 9.94. The van der Waals surface area contributed by atoms with E-state index in [0.717, 1.165) is 27.8 Å². The second-order valence-corrected chi connectivity index (χ2v) is 10.3. The van der Waals surface area contributed by atoms with Gasteiger partial charge in [0.05, 0.1) is 23.4 Å². The molecule has 4 aromatic carbocycles. The van der Waals surface area contributed by atoms with Gasteiger partial charge in [0.25, 0.3) is 5.91 Å². The minimum Gasteiger partial charge on any atom is -0.480 e. The summed E-state index contributed by atoms with van der Waals surface area (Å²) in [4.78, 5) is 37.4. The molecule has 42 heavy (non-hydrogen) atoms. The number of nitrogens with one attached hydrogen (secondary N) is 2. The summed E-state index contributed by atoms with van der Waals surface area (Å²) in [6, 6.07) is 28.4. The molecule has 3 N–H and O–H groups in total. The predicted octanol–water partition coefficient (Wildman–Crippen LogP) is 6.49. The van der Waals surface area contributed by atoms with Crippen molar-refractivity contribution in [2.75, 3.05) is 11.9 Å². The van der Waals surface area contributed by atoms with Gasteiger partial charge in [-0.05, 0) is 52.9 Å². The predicted molar refractivity (Wildman–Crippen MR) is 160 cm³/mol. The summed E-state index contributed by atoms with van der Waals surface area (Å²) in [6.45, 7) is 1.92. The van der Waals surface area contributed by atoms with Crippen LogP contribution in [0.25, 0.3) is 11.1 Å². The molecule has 8 nitrogen and oxygen atoms in total. The molecule has 0 heterocycles. The van der Waals surface area contributed by atoms with Gasteiger partial charge >= 0.3 is 12.1 Å². The summed E-state index contributed by atoms with van der Waals surface area (Å²) in [5.41, 5.74) is 5.70. The van der Waals surface area contributed by atoms with Crippen LogP contribution in [0.5, 0.6) is 0 Å². The normalized spacial score (nSPS) is 13.4. The van der Waals surface area contributed by atoms with Crippen molar-refractivity contribution in [1.82, 2.24) is 5.32 Å². The lowest BCUT2D eigenvalue weighted by molar-refractivity contribution is -0.143. The first-order chi connectivity index (χ1) is 20.3. The third kappa shape index (κ3) is 6.46. The fourth-order valence-electron chi connectivity index (χ4n) is 5.00. The number of carbonyl (C=O) groups excluding carboxylic acids is 2. The Labute approximate surface area is 248 Å². The summed E-state index contributed by atoms with van der Waals surface area (Å²) in [6.07, 6.45) is -1.50. The number of carboxylic acids is 1. The van der Waals surface area contributed by atoms with Crippen molar-refractivity contribution in [3.05, 3.63) is 124 Å². The molecule has 214 valence electrons. The van der Waals surface area contributed by atoms with Gasteiger partial charge in [-0.1, -0.05) is 90.5 Å². The van der Waals surface area contributed by atoms with Gasteiger partial charge in [-0.15, -0.1) is 0 Å². The Morgan fingerprint density at radius 2 is 1.50 bits per heavy atom. The zero-order valence-electron chi connectivity index (χ0n) is 22.8. The molecular weight excluding hydrogens is 556 g/mol. The molecule has 4 aromatic rings. The molecule has 0 saturated carbocycles. The highest BCUT2D eigenvalue weighted by molar-refractivity contribution is 6.34. The highest BCUT2D eigenvalue weighted by atomic mass is 35.5. The summed E-state index contributed by atoms with van der Waals surface area (Å²) in [5.74, 6) is -1.97. The highest BCUT2D eigenvalue weighted by Crippen LogP contribution is 2.44. The number of carboxylic acid groups (broad SMARTS) is 1. The van der Waals surface area contributed by atoms with Crippen molar-refractivity contribution in [2.45, 2.75) is 31.6 Å². The van der Waals surface area contributed by atoms with Crippen LogP contribution in [0.4, 0.5) is 10.5 Å². The number of benzene rings is 4. The number of anilines is 1. The largest absolute Gasteiger partial charge is 0.480 e. The molecule has 0 fully saturated rings. The lowest BCUT2D eigenvalue weighted by atomic mass is 9.98. The summed E-state index contributed by atoms with van der Waals surface area (Å²) in [7, 11) is 0. The minimum absolute atomic E-state index is 0.0917. The van der Waals surface area contributed by atoms with E-state index in [2.05, 4.69) is 22.8 Å². The number of hydrogen-bond acceptors (Lipinski definition) is 5. The topological polar surface area (TPSA) is 114 Å². The molecule has 2 unspecified atom stereocenters. The molecule has 0 radical (unpaired) electrons. The first kappa shape index (κ1) is 28.9. The van der Waals surface area contributed by atoms with Gasteiger partial charge in [-0.25, -0.2) is 9.59 Å². The molecule has 0 spiro atoms. The van der Waals surface area contributed by atoms with Crippen molar-refractivity contribution in [2.24, 2.45) is 0 Å². The van der Waals surface area contributed by atoms with Crippen LogP contribution in [-0.2, 0) is 20.9 Å². The molecule has 9 heteroatoms. The zero-order valence-corrected chi connectivity index (χ0v) is 23.5. The fourth-order valence-corrected chi connectivity index (χ4v) is 5.23. The van der Waals surface area contributed by atoms with E-state index in [-0.39, 0.29) is 35.4 Å². The fraction of sp³-hybridized carbons (Fsp3) is 0.182. The quantitative estimate of drug-likeness (QED) is 0.196. The molecular formula is C33H29ClN2O6. The number of halogens is 1. The van der Waals surface area contributed by atoms with E-state index in [0.29, 0.717) is 0 Å². The number of amides is 2. The number of ether oxygens (including phenoxy) is 2. The van der Waals surface area contributed by atoms with E-state index in [4.69, 9.17) is 21.1 Å². The molecule has 5 rings (SSSR count). The van der Waals surface area contributed by atoms with E-state index in [1.165, 1.54) is 18.2 Å². The van der Waals surface area contributed by atoms with Gasteiger partial charge < -0.3 is 19.9 Å². The lowest BCUT2D eigenvalue weighted by Gasteiger charge is -2.22. The highest BCUT2D eigenvalue weighted by Gasteiger charge is 2.30. The van der Waals surface area contributed by atoms with Gasteiger partial charge in [0.2, 0.25) is 0 Å². The molecule has 0 aromatic heterocycles. The molecule has 2 atom stereocenters. The SMILES string of the molecule is CC(OCc1ccccc1)C(NC(=O)c1ccc(NC(=O)OCC2c3ccccc3-c3ccccc32)c(Cl)c1)C(=O)O. The van der Waals surface area contributed by atoms with Gasteiger partial charge in [0, 0.05) is 11.5 Å². The van der Waals surface area contributed by atoms with E-state index in [9.17, 15) is 19.5 Å². The Bertz CT molecular complexity index is 1560. The Morgan fingerprint density at radius 3 is 2.12 bits per heavy atom. The Hall–Kier alpha value is -4.66. The number of hydrogen-bond donors (Lipinski definition) is 3. The maximum atomic E-state index is 12.9. The van der Waals surface area contributed by atoms with E-state index < -0.39 is 30.1 Å². The average Bonchev–Trinajstić information content (AvgIpc) is 3.32. The van der Waals surface area contributed by atoms with Crippen LogP contribution in [0, 0.1) is 0 Å². The Morgan fingerprint density at radius 1 is 0.881 bits per heavy atom. The number of carbonyl (C=O) groups is 3. The van der Waals surface area contributed by atoms with Crippen LogP contribution in [-0.4, -0.2) is 41.8 Å². The van der Waals surface area contributed by atoms with Crippen LogP contribution in [0.3, 0.4) is 0 Å². The standard InChI is InChI=1S/C33H29ClN2O6/c1-20(41-18-21-9-3-2-4-10-21)30(32(38)39)36-31(37)22-15-16-29(28(34)17-22)35-33(40)42-19-27-25-13-7-5-11-23(25)24-12-6-8-14-26(24)27/h2-17,20,27,30H,18-19H2,1H3,(H,35,40)(H,36,37)(H,38,39). The summed E-state index contributed by atoms with van der Waals surface area (Å²) < 4.78 is 11.3. The third-order valence-corrected chi connectivity index (χ3v) is 7.50. The minimum atomic E-state index is -1.29. The maximum absolute atomic E-state index is 12.9. The Kier molecular flexibility index (Phi) is 8.85. The van der Waals surface area contributed by atoms with E-state index in [1.54, 1.807) is 6.92 Å². The monoisotopic (exact) mass is 584 g/mol. The lowest BCUT2D eigenvalue weighted by Crippen LogP contribution is -2.48. The molecule has 0 bridgehead atoms. The molecule has 1 aliphatic rings. The molecule has 0 aliphatic heterocycles. The molecule has 2 amide bonds. The average molecular weight is 585 g/mol. The van der Waals surface area contributed by atoms with Gasteiger partial charge in [-0.2, -0.15) is 0 Å². The molecule has 1 aliphatic carbocycles. The summed E-state index contributed by atoms with van der Waals surface area (Å²) >= 11 is 6.37. The van der Waals surface area contributed by atoms with Crippen LogP contribution < -0.4 is 10.6 Å². The van der Waals surface area contributed by atoms with Gasteiger partial charge in [0.1, 0.15) is 6.61 Å². The van der Waals surface area contributed by atoms with Crippen molar-refractivity contribution in [3.8, 4) is 11.1 Å². The Balaban J connectivity index is 1.18. The third-order valence-electron chi connectivity index (χ3n) is 7.19. The number of aliphatic carboxylic acids is 1. The van der Waals surface area contributed by atoms with E-state index in [1.807, 2.05) is 66.7 Å². The molecule has 0 saturated heterocycles. The van der Waals surface area contributed by atoms with Crippen LogP contribution >= 0.6 is 11.6 Å². The van der Waals surface area contributed by atoms with Crippen molar-refractivity contribution >= 4 is 35.3 Å². The zero-order chi connectivity index (χ0) is 29.6. The smallest absolute Gasteiger partial charge is 0.411 e.